The fourth-order valence-electron chi connectivity index (χ4n) is 4.63. The molecule has 0 fully saturated rings. The van der Waals surface area contributed by atoms with Gasteiger partial charge < -0.3 is 5.32 Å². The molecule has 0 bridgehead atoms. The number of carbonyl (C=O) groups excluding carboxylic acids is 1. The van der Waals surface area contributed by atoms with Crippen molar-refractivity contribution in [2.75, 3.05) is 13.1 Å². The highest BCUT2D eigenvalue weighted by atomic mass is 16.2. The molecule has 1 aromatic heterocycles. The van der Waals surface area contributed by atoms with E-state index in [0.29, 0.717) is 19.6 Å². The van der Waals surface area contributed by atoms with Crippen LogP contribution in [0.25, 0.3) is 0 Å². The van der Waals surface area contributed by atoms with E-state index in [1.165, 1.54) is 16.7 Å². The summed E-state index contributed by atoms with van der Waals surface area (Å²) in [6.07, 6.45) is 7.66. The number of nitrogens with zero attached hydrogens (tertiary/aromatic N) is 3. The number of amides is 1. The SMILES string of the molecule is C#CCN(CC(=O)NCc1c(C)nn(Cc2ccccc2)c1C)C1CCc2ccccc21. The summed E-state index contributed by atoms with van der Waals surface area (Å²) in [4.78, 5) is 15.0. The molecular weight excluding hydrogens is 396 g/mol. The highest BCUT2D eigenvalue weighted by molar-refractivity contribution is 5.78. The van der Waals surface area contributed by atoms with E-state index in [1.807, 2.05) is 29.8 Å². The number of hydrogen-bond donors (Lipinski definition) is 1. The van der Waals surface area contributed by atoms with Crippen molar-refractivity contribution >= 4 is 5.91 Å². The first-order valence-corrected chi connectivity index (χ1v) is 11.2. The van der Waals surface area contributed by atoms with E-state index in [0.717, 1.165) is 36.3 Å². The molecule has 0 spiro atoms. The van der Waals surface area contributed by atoms with Crippen molar-refractivity contribution in [3.63, 3.8) is 0 Å². The van der Waals surface area contributed by atoms with Crippen molar-refractivity contribution in [2.24, 2.45) is 0 Å². The molecule has 32 heavy (non-hydrogen) atoms. The lowest BCUT2D eigenvalue weighted by Gasteiger charge is -2.27. The lowest BCUT2D eigenvalue weighted by Crippen LogP contribution is -2.39. The van der Waals surface area contributed by atoms with Crippen LogP contribution in [0.2, 0.25) is 0 Å². The van der Waals surface area contributed by atoms with Crippen molar-refractivity contribution < 1.29 is 4.79 Å². The topological polar surface area (TPSA) is 50.2 Å². The number of carbonyl (C=O) groups is 1. The maximum atomic E-state index is 12.8. The molecule has 1 atom stereocenters. The van der Waals surface area contributed by atoms with Crippen molar-refractivity contribution in [3.8, 4) is 12.3 Å². The molecule has 1 amide bonds. The number of aromatic nitrogens is 2. The zero-order valence-corrected chi connectivity index (χ0v) is 18.8. The van der Waals surface area contributed by atoms with Crippen LogP contribution in [-0.4, -0.2) is 33.7 Å². The third-order valence-corrected chi connectivity index (χ3v) is 6.35. The summed E-state index contributed by atoms with van der Waals surface area (Å²) in [5.41, 5.74) is 6.96. The number of hydrogen-bond acceptors (Lipinski definition) is 3. The molecule has 164 valence electrons. The highest BCUT2D eigenvalue weighted by Crippen LogP contribution is 2.35. The first-order valence-electron chi connectivity index (χ1n) is 11.2. The predicted molar refractivity (Wildman–Crippen MR) is 127 cm³/mol. The number of benzene rings is 2. The molecule has 4 rings (SSSR count). The smallest absolute Gasteiger partial charge is 0.234 e. The van der Waals surface area contributed by atoms with Crippen LogP contribution in [-0.2, 0) is 24.3 Å². The van der Waals surface area contributed by atoms with Gasteiger partial charge in [0.15, 0.2) is 0 Å². The Morgan fingerprint density at radius 1 is 1.19 bits per heavy atom. The first-order chi connectivity index (χ1) is 15.6. The van der Waals surface area contributed by atoms with E-state index in [2.05, 4.69) is 59.5 Å². The van der Waals surface area contributed by atoms with Crippen molar-refractivity contribution in [2.45, 2.75) is 45.8 Å². The minimum Gasteiger partial charge on any atom is -0.351 e. The van der Waals surface area contributed by atoms with Gasteiger partial charge in [-0.15, -0.1) is 6.42 Å². The van der Waals surface area contributed by atoms with E-state index in [9.17, 15) is 4.79 Å². The Balaban J connectivity index is 1.39. The molecule has 0 radical (unpaired) electrons. The molecule has 3 aromatic rings. The Labute approximate surface area is 190 Å². The van der Waals surface area contributed by atoms with Crippen molar-refractivity contribution in [1.82, 2.24) is 20.0 Å². The molecule has 2 aromatic carbocycles. The van der Waals surface area contributed by atoms with E-state index >= 15 is 0 Å². The third kappa shape index (κ3) is 4.76. The third-order valence-electron chi connectivity index (χ3n) is 6.35. The zero-order valence-electron chi connectivity index (χ0n) is 18.8. The largest absolute Gasteiger partial charge is 0.351 e. The Morgan fingerprint density at radius 3 is 2.72 bits per heavy atom. The van der Waals surface area contributed by atoms with Gasteiger partial charge in [-0.1, -0.05) is 60.5 Å². The van der Waals surface area contributed by atoms with Gasteiger partial charge in [0.05, 0.1) is 25.3 Å². The van der Waals surface area contributed by atoms with Gasteiger partial charge in [0, 0.05) is 23.8 Å². The van der Waals surface area contributed by atoms with E-state index in [1.54, 1.807) is 0 Å². The molecule has 0 saturated heterocycles. The van der Waals surface area contributed by atoms with Crippen LogP contribution < -0.4 is 5.32 Å². The van der Waals surface area contributed by atoms with Gasteiger partial charge in [0.25, 0.3) is 0 Å². The summed E-state index contributed by atoms with van der Waals surface area (Å²) in [5, 5.41) is 7.78. The second-order valence-electron chi connectivity index (χ2n) is 8.43. The van der Waals surface area contributed by atoms with Crippen LogP contribution in [0.1, 0.15) is 46.1 Å². The molecule has 1 heterocycles. The Hall–Kier alpha value is -3.36. The van der Waals surface area contributed by atoms with Gasteiger partial charge in [-0.25, -0.2) is 0 Å². The van der Waals surface area contributed by atoms with E-state index < -0.39 is 0 Å². The van der Waals surface area contributed by atoms with E-state index in [4.69, 9.17) is 11.5 Å². The Bertz CT molecular complexity index is 1130. The number of nitrogens with one attached hydrogen (secondary N) is 1. The number of rotatable bonds is 8. The second kappa shape index (κ2) is 9.84. The molecule has 5 heteroatoms. The minimum absolute atomic E-state index is 0.0146. The minimum atomic E-state index is -0.0146. The van der Waals surface area contributed by atoms with Gasteiger partial charge in [-0.3, -0.25) is 14.4 Å². The Morgan fingerprint density at radius 2 is 1.94 bits per heavy atom. The molecular formula is C27H30N4O. The second-order valence-corrected chi connectivity index (χ2v) is 8.43. The lowest BCUT2D eigenvalue weighted by molar-refractivity contribution is -0.122. The fourth-order valence-corrected chi connectivity index (χ4v) is 4.63. The van der Waals surface area contributed by atoms with Gasteiger partial charge in [0.2, 0.25) is 5.91 Å². The molecule has 1 unspecified atom stereocenters. The molecule has 0 saturated carbocycles. The summed E-state index contributed by atoms with van der Waals surface area (Å²) in [5.74, 6) is 2.72. The quantitative estimate of drug-likeness (QED) is 0.558. The zero-order chi connectivity index (χ0) is 22.5. The number of aryl methyl sites for hydroxylation is 2. The summed E-state index contributed by atoms with van der Waals surface area (Å²) in [6.45, 7) is 5.99. The molecule has 1 aliphatic carbocycles. The number of fused-ring (bicyclic) bond motifs is 1. The average Bonchev–Trinajstić information content (AvgIpc) is 3.34. The standard InChI is InChI=1S/C27H30N4O/c1-4-16-30(26-15-14-23-12-8-9-13-24(23)26)19-27(32)28-17-25-20(2)29-31(21(25)3)18-22-10-6-5-7-11-22/h1,5-13,26H,14-19H2,2-3H3,(H,28,32). The summed E-state index contributed by atoms with van der Waals surface area (Å²) < 4.78 is 2.01. The van der Waals surface area contributed by atoms with E-state index in [-0.39, 0.29) is 11.9 Å². The van der Waals surface area contributed by atoms with Crippen molar-refractivity contribution in [3.05, 3.63) is 88.2 Å². The molecule has 5 nitrogen and oxygen atoms in total. The normalized spacial score (nSPS) is 14.9. The molecule has 1 N–H and O–H groups in total. The van der Waals surface area contributed by atoms with Crippen LogP contribution in [0.3, 0.4) is 0 Å². The van der Waals surface area contributed by atoms with Crippen LogP contribution >= 0.6 is 0 Å². The summed E-state index contributed by atoms with van der Waals surface area (Å²) >= 11 is 0. The monoisotopic (exact) mass is 426 g/mol. The van der Waals surface area contributed by atoms with Crippen LogP contribution in [0.4, 0.5) is 0 Å². The van der Waals surface area contributed by atoms with Gasteiger partial charge in [0.1, 0.15) is 0 Å². The summed E-state index contributed by atoms with van der Waals surface area (Å²) in [6, 6.07) is 18.9. The van der Waals surface area contributed by atoms with Crippen LogP contribution in [0.5, 0.6) is 0 Å². The molecule has 1 aliphatic rings. The van der Waals surface area contributed by atoms with Crippen LogP contribution in [0.15, 0.2) is 54.6 Å². The maximum absolute atomic E-state index is 12.8. The first kappa shape index (κ1) is 21.9. The highest BCUT2D eigenvalue weighted by Gasteiger charge is 2.28. The lowest BCUT2D eigenvalue weighted by atomic mass is 10.1. The maximum Gasteiger partial charge on any atom is 0.234 e. The average molecular weight is 427 g/mol. The van der Waals surface area contributed by atoms with Gasteiger partial charge in [-0.2, -0.15) is 5.10 Å². The van der Waals surface area contributed by atoms with Crippen LogP contribution in [0, 0.1) is 26.2 Å². The predicted octanol–water partition coefficient (Wildman–Crippen LogP) is 3.79. The van der Waals surface area contributed by atoms with Crippen molar-refractivity contribution in [1.29, 1.82) is 0 Å². The summed E-state index contributed by atoms with van der Waals surface area (Å²) in [7, 11) is 0. The Kier molecular flexibility index (Phi) is 6.72. The van der Waals surface area contributed by atoms with Gasteiger partial charge >= 0.3 is 0 Å². The number of terminal acetylenes is 1. The fraction of sp³-hybridized carbons (Fsp3) is 0.333. The van der Waals surface area contributed by atoms with Gasteiger partial charge in [-0.05, 0) is 43.4 Å². The molecule has 0 aliphatic heterocycles.